The van der Waals surface area contributed by atoms with Gasteiger partial charge in [-0.2, -0.15) is 0 Å². The molecule has 0 heterocycles. The highest BCUT2D eigenvalue weighted by Crippen LogP contribution is 2.37. The van der Waals surface area contributed by atoms with Crippen LogP contribution in [0.4, 0.5) is 0 Å². The molecule has 0 saturated carbocycles. The highest BCUT2D eigenvalue weighted by atomic mass is 28.4. The molecule has 3 aromatic carbocycles. The zero-order valence-corrected chi connectivity index (χ0v) is 22.3. The van der Waals surface area contributed by atoms with Crippen molar-refractivity contribution in [3.05, 3.63) is 96.6 Å². The average Bonchev–Trinajstić information content (AvgIpc) is 2.85. The van der Waals surface area contributed by atoms with E-state index in [1.165, 1.54) is 10.4 Å². The fourth-order valence-electron chi connectivity index (χ4n) is 4.71. The Balaban J connectivity index is 1.73. The van der Waals surface area contributed by atoms with Crippen molar-refractivity contribution < 1.29 is 14.3 Å². The summed E-state index contributed by atoms with van der Waals surface area (Å²) < 4.78 is 12.9. The van der Waals surface area contributed by atoms with Crippen LogP contribution >= 0.6 is 0 Å². The molecule has 4 heteroatoms. The fourth-order valence-corrected chi connectivity index (χ4v) is 9.38. The lowest BCUT2D eigenvalue weighted by Crippen LogP contribution is -2.67. The Morgan fingerprint density at radius 3 is 1.62 bits per heavy atom. The lowest BCUT2D eigenvalue weighted by molar-refractivity contribution is -0.00726. The SMILES string of the molecule is C[C@@H](COCc1ccccc1)[C@H](O)[C@@H](C)CO[Si](c1ccccc1)(c1ccccc1)C(C)(C)C. The topological polar surface area (TPSA) is 38.7 Å². The second-order valence-corrected chi connectivity index (χ2v) is 14.7. The fraction of sp³-hybridized carbons (Fsp3) is 0.400. The molecule has 0 fully saturated rings. The molecule has 0 aliphatic heterocycles. The molecule has 0 saturated heterocycles. The third-order valence-electron chi connectivity index (χ3n) is 6.64. The Bertz CT molecular complexity index is 931. The summed E-state index contributed by atoms with van der Waals surface area (Å²) in [5.74, 6) is -0.00144. The quantitative estimate of drug-likeness (QED) is 0.376. The molecule has 3 aromatic rings. The molecule has 34 heavy (non-hydrogen) atoms. The van der Waals surface area contributed by atoms with Crippen LogP contribution in [0.3, 0.4) is 0 Å². The lowest BCUT2D eigenvalue weighted by atomic mass is 9.95. The van der Waals surface area contributed by atoms with E-state index in [1.54, 1.807) is 0 Å². The molecule has 3 atom stereocenters. The van der Waals surface area contributed by atoms with E-state index in [0.29, 0.717) is 19.8 Å². The van der Waals surface area contributed by atoms with Crippen molar-refractivity contribution >= 4 is 18.7 Å². The van der Waals surface area contributed by atoms with Crippen molar-refractivity contribution in [2.45, 2.75) is 52.4 Å². The summed E-state index contributed by atoms with van der Waals surface area (Å²) in [4.78, 5) is 0. The first-order valence-electron chi connectivity index (χ1n) is 12.3. The van der Waals surface area contributed by atoms with Crippen molar-refractivity contribution in [2.75, 3.05) is 13.2 Å². The van der Waals surface area contributed by atoms with Crippen LogP contribution in [0.5, 0.6) is 0 Å². The maximum atomic E-state index is 11.1. The van der Waals surface area contributed by atoms with Gasteiger partial charge in [-0.3, -0.25) is 0 Å². The van der Waals surface area contributed by atoms with Gasteiger partial charge in [-0.15, -0.1) is 0 Å². The van der Waals surface area contributed by atoms with E-state index in [2.05, 4.69) is 107 Å². The molecule has 3 nitrogen and oxygen atoms in total. The first kappa shape index (κ1) is 26.4. The Hall–Kier alpha value is -2.24. The number of hydrogen-bond acceptors (Lipinski definition) is 3. The molecular weight excluding hydrogens is 436 g/mol. The van der Waals surface area contributed by atoms with Crippen LogP contribution in [0, 0.1) is 11.8 Å². The minimum Gasteiger partial charge on any atom is -0.407 e. The number of benzene rings is 3. The Morgan fingerprint density at radius 2 is 1.15 bits per heavy atom. The molecule has 0 amide bonds. The Labute approximate surface area is 206 Å². The summed E-state index contributed by atoms with van der Waals surface area (Å²) in [6, 6.07) is 31.4. The van der Waals surface area contributed by atoms with Crippen molar-refractivity contribution in [1.82, 2.24) is 0 Å². The van der Waals surface area contributed by atoms with E-state index in [-0.39, 0.29) is 16.9 Å². The highest BCUT2D eigenvalue weighted by molar-refractivity contribution is 6.99. The lowest BCUT2D eigenvalue weighted by Gasteiger charge is -2.44. The van der Waals surface area contributed by atoms with E-state index >= 15 is 0 Å². The van der Waals surface area contributed by atoms with Crippen LogP contribution < -0.4 is 10.4 Å². The van der Waals surface area contributed by atoms with Gasteiger partial charge in [0.05, 0.1) is 19.3 Å². The predicted molar refractivity (Wildman–Crippen MR) is 144 cm³/mol. The van der Waals surface area contributed by atoms with Gasteiger partial charge in [0.15, 0.2) is 0 Å². The number of aliphatic hydroxyl groups is 1. The molecule has 0 unspecified atom stereocenters. The van der Waals surface area contributed by atoms with Crippen LogP contribution in [-0.4, -0.2) is 32.7 Å². The Kier molecular flexibility index (Phi) is 9.26. The zero-order valence-electron chi connectivity index (χ0n) is 21.3. The van der Waals surface area contributed by atoms with Crippen molar-refractivity contribution in [2.24, 2.45) is 11.8 Å². The van der Waals surface area contributed by atoms with Crippen LogP contribution in [0.25, 0.3) is 0 Å². The normalized spacial score (nSPS) is 15.0. The van der Waals surface area contributed by atoms with Crippen LogP contribution in [0.2, 0.25) is 5.04 Å². The number of ether oxygens (including phenoxy) is 1. The molecule has 0 aliphatic rings. The minimum absolute atomic E-state index is 0.0152. The van der Waals surface area contributed by atoms with Crippen LogP contribution in [0.15, 0.2) is 91.0 Å². The summed E-state index contributed by atoms with van der Waals surface area (Å²) in [5.41, 5.74) is 1.15. The van der Waals surface area contributed by atoms with Crippen molar-refractivity contribution in [1.29, 1.82) is 0 Å². The van der Waals surface area contributed by atoms with Gasteiger partial charge in [0, 0.05) is 18.4 Å². The second kappa shape index (κ2) is 11.9. The smallest absolute Gasteiger partial charge is 0.261 e. The highest BCUT2D eigenvalue weighted by Gasteiger charge is 2.50. The zero-order chi connectivity index (χ0) is 24.6. The van der Waals surface area contributed by atoms with E-state index < -0.39 is 14.4 Å². The maximum absolute atomic E-state index is 11.1. The number of aliphatic hydroxyl groups excluding tert-OH is 1. The Morgan fingerprint density at radius 1 is 0.706 bits per heavy atom. The van der Waals surface area contributed by atoms with Crippen LogP contribution in [0.1, 0.15) is 40.2 Å². The molecule has 3 rings (SSSR count). The molecule has 1 N–H and O–H groups in total. The molecule has 0 aliphatic carbocycles. The van der Waals surface area contributed by atoms with Gasteiger partial charge in [-0.05, 0) is 21.0 Å². The summed E-state index contributed by atoms with van der Waals surface area (Å²) >= 11 is 0. The molecular formula is C30H40O3Si. The average molecular weight is 477 g/mol. The monoisotopic (exact) mass is 476 g/mol. The standard InChI is InChI=1S/C30H40O3Si/c1-24(21-32-23-26-15-9-6-10-16-26)29(31)25(2)22-33-34(30(3,4)5,27-17-11-7-12-18-27)28-19-13-8-14-20-28/h6-20,24-25,29,31H,21-23H2,1-5H3/t24-,25-,29-/m0/s1. The third kappa shape index (κ3) is 6.25. The molecule has 0 radical (unpaired) electrons. The van der Waals surface area contributed by atoms with Gasteiger partial charge < -0.3 is 14.3 Å². The van der Waals surface area contributed by atoms with Gasteiger partial charge in [0.25, 0.3) is 8.32 Å². The summed E-state index contributed by atoms with van der Waals surface area (Å²) in [6.45, 7) is 12.5. The predicted octanol–water partition coefficient (Wildman–Crippen LogP) is 5.41. The van der Waals surface area contributed by atoms with Crippen molar-refractivity contribution in [3.8, 4) is 0 Å². The van der Waals surface area contributed by atoms with Crippen LogP contribution in [-0.2, 0) is 15.8 Å². The molecule has 0 spiro atoms. The van der Waals surface area contributed by atoms with Crippen molar-refractivity contribution in [3.63, 3.8) is 0 Å². The van der Waals surface area contributed by atoms with E-state index in [9.17, 15) is 5.11 Å². The number of rotatable bonds is 11. The van der Waals surface area contributed by atoms with E-state index in [1.807, 2.05) is 18.2 Å². The largest absolute Gasteiger partial charge is 0.407 e. The van der Waals surface area contributed by atoms with Gasteiger partial charge in [-0.25, -0.2) is 0 Å². The maximum Gasteiger partial charge on any atom is 0.261 e. The van der Waals surface area contributed by atoms with Gasteiger partial charge in [0.1, 0.15) is 0 Å². The van der Waals surface area contributed by atoms with Gasteiger partial charge in [-0.1, -0.05) is 126 Å². The van der Waals surface area contributed by atoms with Gasteiger partial charge >= 0.3 is 0 Å². The molecule has 182 valence electrons. The summed E-state index contributed by atoms with van der Waals surface area (Å²) in [6.07, 6.45) is -0.506. The van der Waals surface area contributed by atoms with Gasteiger partial charge in [0.2, 0.25) is 0 Å². The van der Waals surface area contributed by atoms with E-state index in [4.69, 9.17) is 9.16 Å². The third-order valence-corrected chi connectivity index (χ3v) is 11.6. The van der Waals surface area contributed by atoms with E-state index in [0.717, 1.165) is 5.56 Å². The first-order chi connectivity index (χ1) is 16.3. The molecule has 0 aromatic heterocycles. The summed E-state index contributed by atoms with van der Waals surface area (Å²) in [5, 5.41) is 13.5. The molecule has 0 bridgehead atoms. The minimum atomic E-state index is -2.60. The number of hydrogen-bond donors (Lipinski definition) is 1. The first-order valence-corrected chi connectivity index (χ1v) is 14.2. The second-order valence-electron chi connectivity index (χ2n) is 10.4. The summed E-state index contributed by atoms with van der Waals surface area (Å²) in [7, 11) is -2.60.